The molecule has 2 amide bonds. The molecule has 4 rings (SSSR count). The lowest BCUT2D eigenvalue weighted by Gasteiger charge is -2.22. The molecule has 2 aromatic rings. The highest BCUT2D eigenvalue weighted by Gasteiger charge is 2.50. The van der Waals surface area contributed by atoms with Crippen LogP contribution in [0.4, 0.5) is 5.69 Å². The summed E-state index contributed by atoms with van der Waals surface area (Å²) in [6.45, 7) is 1.95. The minimum Gasteiger partial charge on any atom is -0.457 e. The number of anilines is 1. The zero-order valence-corrected chi connectivity index (χ0v) is 14.1. The van der Waals surface area contributed by atoms with Crippen LogP contribution in [-0.2, 0) is 9.59 Å². The van der Waals surface area contributed by atoms with Crippen molar-refractivity contribution in [3.8, 4) is 5.75 Å². The highest BCUT2D eigenvalue weighted by atomic mass is 16.5. The second kappa shape index (κ2) is 6.29. The summed E-state index contributed by atoms with van der Waals surface area (Å²) in [6, 6.07) is 9.50. The number of hydrogen-bond acceptors (Lipinski definition) is 5. The quantitative estimate of drug-likeness (QED) is 0.367. The van der Waals surface area contributed by atoms with E-state index in [0.29, 0.717) is 12.1 Å². The number of allylic oxidation sites excluding steroid dienone is 2. The minimum atomic E-state index is -0.641. The van der Waals surface area contributed by atoms with Crippen molar-refractivity contribution in [3.63, 3.8) is 0 Å². The van der Waals surface area contributed by atoms with E-state index in [4.69, 9.17) is 9.15 Å². The molecule has 6 nitrogen and oxygen atoms in total. The third-order valence-corrected chi connectivity index (χ3v) is 4.88. The van der Waals surface area contributed by atoms with Crippen molar-refractivity contribution in [1.82, 2.24) is 0 Å². The van der Waals surface area contributed by atoms with Crippen LogP contribution in [0, 0.1) is 17.8 Å². The van der Waals surface area contributed by atoms with E-state index < -0.39 is 5.97 Å². The zero-order chi connectivity index (χ0) is 18.3. The molecule has 1 saturated heterocycles. The van der Waals surface area contributed by atoms with E-state index >= 15 is 0 Å². The Bertz CT molecular complexity index is 899. The lowest BCUT2D eigenvalue weighted by molar-refractivity contribution is -0.122. The zero-order valence-electron chi connectivity index (χ0n) is 14.1. The van der Waals surface area contributed by atoms with Gasteiger partial charge >= 0.3 is 5.97 Å². The monoisotopic (exact) mass is 351 g/mol. The van der Waals surface area contributed by atoms with E-state index in [2.05, 4.69) is 0 Å². The van der Waals surface area contributed by atoms with Gasteiger partial charge in [-0.1, -0.05) is 25.1 Å². The number of benzene rings is 1. The van der Waals surface area contributed by atoms with Gasteiger partial charge in [0.05, 0.1) is 23.8 Å². The summed E-state index contributed by atoms with van der Waals surface area (Å²) >= 11 is 0. The molecule has 1 fully saturated rings. The van der Waals surface area contributed by atoms with Gasteiger partial charge in [-0.05, 0) is 36.6 Å². The number of amides is 2. The van der Waals surface area contributed by atoms with E-state index in [-0.39, 0.29) is 41.1 Å². The number of hydrogen-bond donors (Lipinski definition) is 0. The molecule has 26 heavy (non-hydrogen) atoms. The van der Waals surface area contributed by atoms with Crippen LogP contribution in [0.15, 0.2) is 59.2 Å². The second-order valence-electron chi connectivity index (χ2n) is 6.53. The molecule has 1 aromatic carbocycles. The minimum absolute atomic E-state index is 0.0233. The Morgan fingerprint density at radius 1 is 1.19 bits per heavy atom. The van der Waals surface area contributed by atoms with Gasteiger partial charge in [-0.25, -0.2) is 9.69 Å². The van der Waals surface area contributed by atoms with Crippen LogP contribution in [0.5, 0.6) is 5.75 Å². The molecule has 2 aliphatic rings. The summed E-state index contributed by atoms with van der Waals surface area (Å²) in [5, 5.41) is 0. The Morgan fingerprint density at radius 2 is 2.04 bits per heavy atom. The normalized spacial score (nSPS) is 24.7. The van der Waals surface area contributed by atoms with Gasteiger partial charge < -0.3 is 9.15 Å². The van der Waals surface area contributed by atoms with Crippen molar-refractivity contribution >= 4 is 23.5 Å². The molecule has 0 bridgehead atoms. The molecular weight excluding hydrogens is 334 g/mol. The van der Waals surface area contributed by atoms with Gasteiger partial charge in [-0.2, -0.15) is 0 Å². The van der Waals surface area contributed by atoms with Gasteiger partial charge in [0.15, 0.2) is 0 Å². The number of carbonyl (C=O) groups excluding carboxylic acids is 3. The Labute approximate surface area is 150 Å². The summed E-state index contributed by atoms with van der Waals surface area (Å²) in [5.41, 5.74) is 0.409. The average Bonchev–Trinajstić information content (AvgIpc) is 3.24. The number of rotatable bonds is 3. The van der Waals surface area contributed by atoms with Crippen molar-refractivity contribution in [1.29, 1.82) is 0 Å². The predicted molar refractivity (Wildman–Crippen MR) is 92.5 cm³/mol. The number of esters is 1. The standard InChI is InChI=1S/C20H17NO5/c1-12-5-2-8-15-17(12)19(23)21(18(15)22)13-6-3-7-14(11-13)26-20(24)16-9-4-10-25-16/h2-7,9-12,15,17H,8H2,1H3/t12-,15+,17-/m1/s1. The fourth-order valence-electron chi connectivity index (χ4n) is 3.64. The summed E-state index contributed by atoms with van der Waals surface area (Å²) in [5.74, 6) is -1.36. The van der Waals surface area contributed by atoms with Crippen LogP contribution in [0.25, 0.3) is 0 Å². The third kappa shape index (κ3) is 2.63. The van der Waals surface area contributed by atoms with E-state index in [1.54, 1.807) is 24.3 Å². The fraction of sp³-hybridized carbons (Fsp3) is 0.250. The van der Waals surface area contributed by atoms with Crippen molar-refractivity contribution in [2.24, 2.45) is 17.8 Å². The largest absolute Gasteiger partial charge is 0.457 e. The molecule has 2 heterocycles. The first-order valence-electron chi connectivity index (χ1n) is 8.46. The first kappa shape index (κ1) is 16.3. The van der Waals surface area contributed by atoms with Crippen LogP contribution in [0.3, 0.4) is 0 Å². The van der Waals surface area contributed by atoms with E-state index in [1.165, 1.54) is 23.3 Å². The maximum atomic E-state index is 12.8. The van der Waals surface area contributed by atoms with E-state index in [0.717, 1.165) is 0 Å². The van der Waals surface area contributed by atoms with Crippen LogP contribution >= 0.6 is 0 Å². The number of imide groups is 1. The summed E-state index contributed by atoms with van der Waals surface area (Å²) in [7, 11) is 0. The van der Waals surface area contributed by atoms with Gasteiger partial charge in [0.25, 0.3) is 0 Å². The molecule has 132 valence electrons. The average molecular weight is 351 g/mol. The number of ether oxygens (including phenoxy) is 1. The lowest BCUT2D eigenvalue weighted by Crippen LogP contribution is -2.31. The SMILES string of the molecule is C[C@@H]1C=CC[C@@H]2C(=O)N(c3cccc(OC(=O)c4ccco4)c3)C(=O)[C@H]12. The fourth-order valence-corrected chi connectivity index (χ4v) is 3.64. The summed E-state index contributed by atoms with van der Waals surface area (Å²) in [6.07, 6.45) is 5.90. The number of fused-ring (bicyclic) bond motifs is 1. The molecule has 1 aliphatic carbocycles. The molecule has 0 unspecified atom stereocenters. The second-order valence-corrected chi connectivity index (χ2v) is 6.53. The summed E-state index contributed by atoms with van der Waals surface area (Å²) in [4.78, 5) is 38.8. The highest BCUT2D eigenvalue weighted by molar-refractivity contribution is 6.22. The maximum absolute atomic E-state index is 12.8. The van der Waals surface area contributed by atoms with E-state index in [1.807, 2.05) is 19.1 Å². The van der Waals surface area contributed by atoms with Gasteiger partial charge in [-0.15, -0.1) is 0 Å². The van der Waals surface area contributed by atoms with Crippen LogP contribution in [-0.4, -0.2) is 17.8 Å². The Morgan fingerprint density at radius 3 is 2.77 bits per heavy atom. The topological polar surface area (TPSA) is 76.8 Å². The van der Waals surface area contributed by atoms with Crippen LogP contribution in [0.2, 0.25) is 0 Å². The molecule has 0 saturated carbocycles. The number of furan rings is 1. The van der Waals surface area contributed by atoms with Crippen molar-refractivity contribution in [3.05, 3.63) is 60.6 Å². The van der Waals surface area contributed by atoms with Crippen molar-refractivity contribution < 1.29 is 23.5 Å². The smallest absolute Gasteiger partial charge is 0.379 e. The lowest BCUT2D eigenvalue weighted by atomic mass is 9.78. The third-order valence-electron chi connectivity index (χ3n) is 4.88. The van der Waals surface area contributed by atoms with Gasteiger partial charge in [0, 0.05) is 6.07 Å². The maximum Gasteiger partial charge on any atom is 0.379 e. The van der Waals surface area contributed by atoms with Crippen molar-refractivity contribution in [2.75, 3.05) is 4.90 Å². The molecule has 0 radical (unpaired) electrons. The first-order valence-corrected chi connectivity index (χ1v) is 8.46. The molecule has 1 aliphatic heterocycles. The Balaban J connectivity index is 1.60. The van der Waals surface area contributed by atoms with Crippen LogP contribution in [0.1, 0.15) is 23.9 Å². The highest BCUT2D eigenvalue weighted by Crippen LogP contribution is 2.40. The molecule has 0 spiro atoms. The summed E-state index contributed by atoms with van der Waals surface area (Å²) < 4.78 is 10.3. The number of nitrogens with zero attached hydrogens (tertiary/aromatic N) is 1. The van der Waals surface area contributed by atoms with E-state index in [9.17, 15) is 14.4 Å². The van der Waals surface area contributed by atoms with Gasteiger partial charge in [0.1, 0.15) is 5.75 Å². The Kier molecular flexibility index (Phi) is 3.95. The van der Waals surface area contributed by atoms with Crippen molar-refractivity contribution in [2.45, 2.75) is 13.3 Å². The molecule has 6 heteroatoms. The number of carbonyl (C=O) groups is 3. The molecule has 0 N–H and O–H groups in total. The molecular formula is C20H17NO5. The van der Waals surface area contributed by atoms with Gasteiger partial charge in [0.2, 0.25) is 17.6 Å². The van der Waals surface area contributed by atoms with Gasteiger partial charge in [-0.3, -0.25) is 9.59 Å². The van der Waals surface area contributed by atoms with Crippen LogP contribution < -0.4 is 9.64 Å². The Hall–Kier alpha value is -3.15. The first-order chi connectivity index (χ1) is 12.6. The molecule has 1 aromatic heterocycles. The predicted octanol–water partition coefficient (Wildman–Crippen LogP) is 3.20. The molecule has 3 atom stereocenters.